The number of hydrogen-bond acceptors (Lipinski definition) is 4. The third-order valence-corrected chi connectivity index (χ3v) is 6.24. The van der Waals surface area contributed by atoms with Crippen LogP contribution in [0.5, 0.6) is 0 Å². The lowest BCUT2D eigenvalue weighted by atomic mass is 10.1. The summed E-state index contributed by atoms with van der Waals surface area (Å²) in [5.41, 5.74) is 1.65. The van der Waals surface area contributed by atoms with Gasteiger partial charge in [0.05, 0.1) is 18.8 Å². The summed E-state index contributed by atoms with van der Waals surface area (Å²) in [4.78, 5) is 7.10. The Hall–Kier alpha value is -2.12. The van der Waals surface area contributed by atoms with E-state index in [1.165, 1.54) is 25.0 Å². The number of nitrogens with zero attached hydrogens (tertiary/aromatic N) is 2. The molecule has 2 aromatic rings. The van der Waals surface area contributed by atoms with Gasteiger partial charge in [0.2, 0.25) is 0 Å². The van der Waals surface area contributed by atoms with Gasteiger partial charge in [0.25, 0.3) is 0 Å². The average molecular weight is 432 g/mol. The van der Waals surface area contributed by atoms with Gasteiger partial charge in [-0.05, 0) is 64.2 Å². The van der Waals surface area contributed by atoms with Crippen LogP contribution in [0.1, 0.15) is 50.4 Å². The molecule has 1 unspecified atom stereocenters. The van der Waals surface area contributed by atoms with Gasteiger partial charge in [-0.25, -0.2) is 9.38 Å². The van der Waals surface area contributed by atoms with E-state index >= 15 is 0 Å². The molecule has 0 spiro atoms. The molecule has 1 N–H and O–H groups in total. The molecule has 3 heterocycles. The number of hydrogen-bond donors (Lipinski definition) is 1. The number of likely N-dealkylation sites (tertiary alicyclic amines) is 1. The maximum atomic E-state index is 13.6. The Labute approximate surface area is 183 Å². The van der Waals surface area contributed by atoms with Crippen molar-refractivity contribution < 1.29 is 18.3 Å². The highest BCUT2D eigenvalue weighted by atomic mass is 19.1. The summed E-state index contributed by atoms with van der Waals surface area (Å²) < 4.78 is 31.4. The second kappa shape index (κ2) is 10.5. The molecule has 0 aliphatic carbocycles. The lowest BCUT2D eigenvalue weighted by molar-refractivity contribution is -0.0721. The fourth-order valence-electron chi connectivity index (χ4n) is 4.38. The standard InChI is InChI=1S/C24H34FN3O3/c1-3-26-24(27-15-23-17(2)21-14-18(25)7-8-22(21)31-23)28-11-9-19(10-12-28)30-16-20-6-4-5-13-29-20/h7-8,14,19-20H,3-6,9-13,15-16H2,1-2H3,(H,26,27). The summed E-state index contributed by atoms with van der Waals surface area (Å²) >= 11 is 0. The van der Waals surface area contributed by atoms with Crippen molar-refractivity contribution in [3.63, 3.8) is 0 Å². The van der Waals surface area contributed by atoms with Crippen LogP contribution in [0.4, 0.5) is 4.39 Å². The van der Waals surface area contributed by atoms with Crippen LogP contribution >= 0.6 is 0 Å². The number of fused-ring (bicyclic) bond motifs is 1. The quantitative estimate of drug-likeness (QED) is 0.543. The molecule has 2 fully saturated rings. The van der Waals surface area contributed by atoms with Crippen LogP contribution in [-0.4, -0.2) is 55.9 Å². The molecule has 0 saturated carbocycles. The highest BCUT2D eigenvalue weighted by Crippen LogP contribution is 2.26. The number of furan rings is 1. The third kappa shape index (κ3) is 5.57. The lowest BCUT2D eigenvalue weighted by Crippen LogP contribution is -2.47. The monoisotopic (exact) mass is 431 g/mol. The fraction of sp³-hybridized carbons (Fsp3) is 0.625. The van der Waals surface area contributed by atoms with Crippen LogP contribution in [0, 0.1) is 12.7 Å². The van der Waals surface area contributed by atoms with Crippen molar-refractivity contribution in [1.29, 1.82) is 0 Å². The van der Waals surface area contributed by atoms with Crippen LogP contribution in [-0.2, 0) is 16.0 Å². The van der Waals surface area contributed by atoms with Gasteiger partial charge in [-0.2, -0.15) is 0 Å². The number of aliphatic imine (C=N–C) groups is 1. The molecule has 2 aliphatic rings. The predicted molar refractivity (Wildman–Crippen MR) is 120 cm³/mol. The fourth-order valence-corrected chi connectivity index (χ4v) is 4.38. The van der Waals surface area contributed by atoms with Gasteiger partial charge in [-0.1, -0.05) is 0 Å². The molecule has 0 amide bonds. The Morgan fingerprint density at radius 1 is 1.26 bits per heavy atom. The van der Waals surface area contributed by atoms with Crippen molar-refractivity contribution in [3.8, 4) is 0 Å². The minimum absolute atomic E-state index is 0.250. The van der Waals surface area contributed by atoms with E-state index in [1.54, 1.807) is 6.07 Å². The molecule has 170 valence electrons. The maximum absolute atomic E-state index is 13.6. The molecule has 1 aromatic heterocycles. The molecule has 2 aliphatic heterocycles. The van der Waals surface area contributed by atoms with Crippen LogP contribution in [0.2, 0.25) is 0 Å². The Bertz CT molecular complexity index is 884. The number of guanidine groups is 1. The molecule has 1 aromatic carbocycles. The van der Waals surface area contributed by atoms with Gasteiger partial charge >= 0.3 is 0 Å². The summed E-state index contributed by atoms with van der Waals surface area (Å²) in [6, 6.07) is 4.63. The predicted octanol–water partition coefficient (Wildman–Crippen LogP) is 4.40. The molecular formula is C24H34FN3O3. The van der Waals surface area contributed by atoms with Crippen LogP contribution in [0.3, 0.4) is 0 Å². The second-order valence-electron chi connectivity index (χ2n) is 8.47. The first-order valence-electron chi connectivity index (χ1n) is 11.6. The van der Waals surface area contributed by atoms with Crippen LogP contribution in [0.25, 0.3) is 11.0 Å². The number of piperidine rings is 1. The number of nitrogens with one attached hydrogen (secondary N) is 1. The lowest BCUT2D eigenvalue weighted by Gasteiger charge is -2.35. The van der Waals surface area contributed by atoms with Gasteiger partial charge < -0.3 is 24.1 Å². The number of benzene rings is 1. The van der Waals surface area contributed by atoms with E-state index in [0.717, 1.165) is 68.2 Å². The topological polar surface area (TPSA) is 59.2 Å². The van der Waals surface area contributed by atoms with Crippen molar-refractivity contribution in [2.75, 3.05) is 32.8 Å². The molecule has 0 radical (unpaired) electrons. The number of ether oxygens (including phenoxy) is 2. The van der Waals surface area contributed by atoms with E-state index in [1.807, 2.05) is 6.92 Å². The van der Waals surface area contributed by atoms with Gasteiger partial charge in [0, 0.05) is 37.2 Å². The average Bonchev–Trinajstić information content (AvgIpc) is 3.11. The van der Waals surface area contributed by atoms with Crippen LogP contribution in [0.15, 0.2) is 27.6 Å². The second-order valence-corrected chi connectivity index (χ2v) is 8.47. The summed E-state index contributed by atoms with van der Waals surface area (Å²) in [5, 5.41) is 4.21. The molecule has 31 heavy (non-hydrogen) atoms. The first kappa shape index (κ1) is 22.1. The molecule has 1 atom stereocenters. The van der Waals surface area contributed by atoms with Gasteiger partial charge in [-0.15, -0.1) is 0 Å². The summed E-state index contributed by atoms with van der Waals surface area (Å²) in [7, 11) is 0. The van der Waals surface area contributed by atoms with Gasteiger partial charge in [0.15, 0.2) is 5.96 Å². The van der Waals surface area contributed by atoms with E-state index in [0.29, 0.717) is 18.7 Å². The Balaban J connectivity index is 1.33. The summed E-state index contributed by atoms with van der Waals surface area (Å²) in [5.74, 6) is 1.42. The highest BCUT2D eigenvalue weighted by molar-refractivity contribution is 5.82. The molecular weight excluding hydrogens is 397 g/mol. The minimum atomic E-state index is -0.250. The van der Waals surface area contributed by atoms with Gasteiger partial charge in [0.1, 0.15) is 23.7 Å². The smallest absolute Gasteiger partial charge is 0.194 e. The minimum Gasteiger partial charge on any atom is -0.459 e. The Morgan fingerprint density at radius 3 is 2.84 bits per heavy atom. The first-order chi connectivity index (χ1) is 15.1. The first-order valence-corrected chi connectivity index (χ1v) is 11.6. The van der Waals surface area contributed by atoms with E-state index in [9.17, 15) is 4.39 Å². The summed E-state index contributed by atoms with van der Waals surface area (Å²) in [6.45, 7) is 8.67. The maximum Gasteiger partial charge on any atom is 0.194 e. The van der Waals surface area contributed by atoms with Crippen molar-refractivity contribution in [2.45, 2.75) is 64.7 Å². The number of halogens is 1. The zero-order valence-electron chi connectivity index (χ0n) is 18.7. The van der Waals surface area contributed by atoms with Crippen molar-refractivity contribution in [3.05, 3.63) is 35.3 Å². The largest absolute Gasteiger partial charge is 0.459 e. The molecule has 4 rings (SSSR count). The Kier molecular flexibility index (Phi) is 7.45. The molecule has 0 bridgehead atoms. The van der Waals surface area contributed by atoms with Crippen molar-refractivity contribution in [1.82, 2.24) is 10.2 Å². The van der Waals surface area contributed by atoms with E-state index < -0.39 is 0 Å². The van der Waals surface area contributed by atoms with E-state index in [-0.39, 0.29) is 18.0 Å². The van der Waals surface area contributed by atoms with Gasteiger partial charge in [-0.3, -0.25) is 0 Å². The summed E-state index contributed by atoms with van der Waals surface area (Å²) in [6.07, 6.45) is 6.06. The molecule has 2 saturated heterocycles. The molecule has 6 nitrogen and oxygen atoms in total. The van der Waals surface area contributed by atoms with Crippen LogP contribution < -0.4 is 5.32 Å². The van der Waals surface area contributed by atoms with Crippen molar-refractivity contribution >= 4 is 16.9 Å². The third-order valence-electron chi connectivity index (χ3n) is 6.24. The highest BCUT2D eigenvalue weighted by Gasteiger charge is 2.24. The number of rotatable bonds is 6. The normalized spacial score (nSPS) is 21.1. The zero-order chi connectivity index (χ0) is 21.6. The zero-order valence-corrected chi connectivity index (χ0v) is 18.7. The van der Waals surface area contributed by atoms with E-state index in [2.05, 4.69) is 17.1 Å². The SMILES string of the molecule is CCNC(=NCc1oc2ccc(F)cc2c1C)N1CCC(OCC2CCCCO2)CC1. The Morgan fingerprint density at radius 2 is 2.10 bits per heavy atom. The number of aryl methyl sites for hydroxylation is 1. The van der Waals surface area contributed by atoms with Crippen molar-refractivity contribution in [2.24, 2.45) is 4.99 Å². The molecule has 7 heteroatoms. The van der Waals surface area contributed by atoms with E-state index in [4.69, 9.17) is 18.9 Å².